The van der Waals surface area contributed by atoms with E-state index in [1.165, 1.54) is 22.3 Å². The van der Waals surface area contributed by atoms with Crippen molar-refractivity contribution >= 4 is 0 Å². The van der Waals surface area contributed by atoms with E-state index in [1.807, 2.05) is 0 Å². The minimum Gasteiger partial charge on any atom is -0.326 e. The van der Waals surface area contributed by atoms with Gasteiger partial charge < -0.3 is 11.1 Å². The summed E-state index contributed by atoms with van der Waals surface area (Å²) in [5, 5.41) is 3.45. The number of nitrogens with one attached hydrogen (secondary N) is 1. The second-order valence-electron chi connectivity index (χ2n) is 4.61. The molecule has 0 unspecified atom stereocenters. The molecule has 0 saturated carbocycles. The van der Waals surface area contributed by atoms with Gasteiger partial charge in [0.05, 0.1) is 0 Å². The van der Waals surface area contributed by atoms with Gasteiger partial charge in [-0.25, -0.2) is 0 Å². The fourth-order valence-corrected chi connectivity index (χ4v) is 1.92. The van der Waals surface area contributed by atoms with Crippen molar-refractivity contribution < 1.29 is 0 Å². The van der Waals surface area contributed by atoms with Crippen LogP contribution in [0.15, 0.2) is 48.5 Å². The Labute approximate surface area is 109 Å². The van der Waals surface area contributed by atoms with Gasteiger partial charge in [-0.3, -0.25) is 0 Å². The average Bonchev–Trinajstić information content (AvgIpc) is 2.41. The number of hydrogen-bond acceptors (Lipinski definition) is 2. The summed E-state index contributed by atoms with van der Waals surface area (Å²) in [6.07, 6.45) is 0. The molecule has 0 fully saturated rings. The van der Waals surface area contributed by atoms with Gasteiger partial charge in [0.1, 0.15) is 0 Å². The maximum absolute atomic E-state index is 5.63. The summed E-state index contributed by atoms with van der Waals surface area (Å²) in [7, 11) is 0. The Morgan fingerprint density at radius 3 is 2.28 bits per heavy atom. The van der Waals surface area contributed by atoms with E-state index in [-0.39, 0.29) is 0 Å². The van der Waals surface area contributed by atoms with Crippen LogP contribution in [0.25, 0.3) is 0 Å². The third kappa shape index (κ3) is 3.69. The summed E-state index contributed by atoms with van der Waals surface area (Å²) < 4.78 is 0. The fraction of sp³-hybridized carbons (Fsp3) is 0.250. The first kappa shape index (κ1) is 12.8. The molecule has 0 aliphatic heterocycles. The molecule has 2 aromatic rings. The van der Waals surface area contributed by atoms with Gasteiger partial charge in [0.25, 0.3) is 0 Å². The van der Waals surface area contributed by atoms with Gasteiger partial charge in [-0.1, -0.05) is 54.1 Å². The SMILES string of the molecule is Cc1ccc(CNCc2cccc(CN)c2)cc1. The molecule has 0 heterocycles. The van der Waals surface area contributed by atoms with Crippen molar-refractivity contribution in [1.82, 2.24) is 5.32 Å². The Kier molecular flexibility index (Phi) is 4.51. The first-order valence-electron chi connectivity index (χ1n) is 6.32. The van der Waals surface area contributed by atoms with Gasteiger partial charge in [0, 0.05) is 19.6 Å². The molecule has 18 heavy (non-hydrogen) atoms. The Hall–Kier alpha value is -1.64. The van der Waals surface area contributed by atoms with Crippen molar-refractivity contribution in [2.24, 2.45) is 5.73 Å². The number of benzene rings is 2. The van der Waals surface area contributed by atoms with Crippen LogP contribution < -0.4 is 11.1 Å². The van der Waals surface area contributed by atoms with Gasteiger partial charge in [0.15, 0.2) is 0 Å². The summed E-state index contributed by atoms with van der Waals surface area (Å²) in [4.78, 5) is 0. The van der Waals surface area contributed by atoms with Crippen LogP contribution >= 0.6 is 0 Å². The molecule has 3 N–H and O–H groups in total. The molecule has 0 aliphatic rings. The zero-order valence-corrected chi connectivity index (χ0v) is 10.8. The van der Waals surface area contributed by atoms with Gasteiger partial charge in [-0.05, 0) is 23.6 Å². The third-order valence-corrected chi connectivity index (χ3v) is 3.01. The van der Waals surface area contributed by atoms with Crippen LogP contribution in [0.2, 0.25) is 0 Å². The van der Waals surface area contributed by atoms with Crippen LogP contribution in [-0.4, -0.2) is 0 Å². The molecular weight excluding hydrogens is 220 g/mol. The maximum Gasteiger partial charge on any atom is 0.0208 e. The lowest BCUT2D eigenvalue weighted by Crippen LogP contribution is -2.13. The van der Waals surface area contributed by atoms with E-state index in [9.17, 15) is 0 Å². The van der Waals surface area contributed by atoms with Crippen LogP contribution in [0.4, 0.5) is 0 Å². The van der Waals surface area contributed by atoms with Gasteiger partial charge in [-0.2, -0.15) is 0 Å². The van der Waals surface area contributed by atoms with Gasteiger partial charge >= 0.3 is 0 Å². The number of aryl methyl sites for hydroxylation is 1. The second kappa shape index (κ2) is 6.34. The normalized spacial score (nSPS) is 10.6. The monoisotopic (exact) mass is 240 g/mol. The lowest BCUT2D eigenvalue weighted by molar-refractivity contribution is 0.692. The molecule has 0 saturated heterocycles. The van der Waals surface area contributed by atoms with Crippen LogP contribution in [0, 0.1) is 6.92 Å². The van der Waals surface area contributed by atoms with Gasteiger partial charge in [0.2, 0.25) is 0 Å². The first-order valence-corrected chi connectivity index (χ1v) is 6.32. The lowest BCUT2D eigenvalue weighted by Gasteiger charge is -2.07. The largest absolute Gasteiger partial charge is 0.326 e. The molecule has 0 aromatic heterocycles. The van der Waals surface area contributed by atoms with Gasteiger partial charge in [-0.15, -0.1) is 0 Å². The van der Waals surface area contributed by atoms with E-state index in [0.717, 1.165) is 13.1 Å². The molecule has 0 bridgehead atoms. The zero-order chi connectivity index (χ0) is 12.8. The predicted octanol–water partition coefficient (Wildman–Crippen LogP) is 2.74. The van der Waals surface area contributed by atoms with Crippen molar-refractivity contribution in [3.8, 4) is 0 Å². The smallest absolute Gasteiger partial charge is 0.0208 e. The highest BCUT2D eigenvalue weighted by Gasteiger charge is 1.96. The molecule has 0 spiro atoms. The third-order valence-electron chi connectivity index (χ3n) is 3.01. The average molecular weight is 240 g/mol. The molecule has 0 amide bonds. The van der Waals surface area contributed by atoms with Crippen molar-refractivity contribution in [3.63, 3.8) is 0 Å². The van der Waals surface area contributed by atoms with Crippen LogP contribution in [0.1, 0.15) is 22.3 Å². The molecule has 2 nitrogen and oxygen atoms in total. The summed E-state index contributed by atoms with van der Waals surface area (Å²) >= 11 is 0. The fourth-order valence-electron chi connectivity index (χ4n) is 1.92. The molecule has 0 aliphatic carbocycles. The Morgan fingerprint density at radius 1 is 0.889 bits per heavy atom. The molecular formula is C16H20N2. The summed E-state index contributed by atoms with van der Waals surface area (Å²) in [6, 6.07) is 17.0. The number of rotatable bonds is 5. The minimum atomic E-state index is 0.603. The van der Waals surface area contributed by atoms with E-state index < -0.39 is 0 Å². The Bertz CT molecular complexity index is 489. The van der Waals surface area contributed by atoms with Crippen molar-refractivity contribution in [1.29, 1.82) is 0 Å². The molecule has 2 heteroatoms. The highest BCUT2D eigenvalue weighted by molar-refractivity contribution is 5.24. The summed E-state index contributed by atoms with van der Waals surface area (Å²) in [5.41, 5.74) is 10.7. The highest BCUT2D eigenvalue weighted by Crippen LogP contribution is 2.06. The van der Waals surface area contributed by atoms with E-state index in [4.69, 9.17) is 5.73 Å². The first-order chi connectivity index (χ1) is 8.78. The molecule has 2 aromatic carbocycles. The maximum atomic E-state index is 5.63. The Morgan fingerprint density at radius 2 is 1.56 bits per heavy atom. The number of hydrogen-bond donors (Lipinski definition) is 2. The Balaban J connectivity index is 1.86. The van der Waals surface area contributed by atoms with E-state index >= 15 is 0 Å². The topological polar surface area (TPSA) is 38.0 Å². The number of nitrogens with two attached hydrogens (primary N) is 1. The van der Waals surface area contributed by atoms with E-state index in [1.54, 1.807) is 0 Å². The van der Waals surface area contributed by atoms with Crippen molar-refractivity contribution in [3.05, 3.63) is 70.8 Å². The van der Waals surface area contributed by atoms with E-state index in [0.29, 0.717) is 6.54 Å². The predicted molar refractivity (Wildman–Crippen MR) is 76.1 cm³/mol. The molecule has 0 atom stereocenters. The molecule has 0 radical (unpaired) electrons. The zero-order valence-electron chi connectivity index (χ0n) is 10.8. The molecule has 2 rings (SSSR count). The molecule has 94 valence electrons. The summed E-state index contributed by atoms with van der Waals surface area (Å²) in [5.74, 6) is 0. The quantitative estimate of drug-likeness (QED) is 0.843. The van der Waals surface area contributed by atoms with Crippen molar-refractivity contribution in [2.45, 2.75) is 26.6 Å². The van der Waals surface area contributed by atoms with Crippen LogP contribution in [0.3, 0.4) is 0 Å². The standard InChI is InChI=1S/C16H20N2/c1-13-5-7-14(8-6-13)11-18-12-16-4-2-3-15(9-16)10-17/h2-9,18H,10-12,17H2,1H3. The summed E-state index contributed by atoms with van der Waals surface area (Å²) in [6.45, 7) is 4.48. The van der Waals surface area contributed by atoms with E-state index in [2.05, 4.69) is 60.8 Å². The second-order valence-corrected chi connectivity index (χ2v) is 4.61. The van der Waals surface area contributed by atoms with Crippen LogP contribution in [0.5, 0.6) is 0 Å². The van der Waals surface area contributed by atoms with Crippen molar-refractivity contribution in [2.75, 3.05) is 0 Å². The minimum absolute atomic E-state index is 0.603. The lowest BCUT2D eigenvalue weighted by atomic mass is 10.1. The highest BCUT2D eigenvalue weighted by atomic mass is 14.8. The van der Waals surface area contributed by atoms with Crippen LogP contribution in [-0.2, 0) is 19.6 Å².